The molecule has 2 aromatic heterocycles. The molecule has 3 heterocycles. The Bertz CT molecular complexity index is 902. The van der Waals surface area contributed by atoms with Crippen molar-refractivity contribution in [2.75, 3.05) is 26.8 Å². The second-order valence-electron chi connectivity index (χ2n) is 10.0. The van der Waals surface area contributed by atoms with E-state index in [2.05, 4.69) is 59.8 Å². The number of aliphatic hydroxyl groups is 1. The molecule has 2 aromatic rings. The smallest absolute Gasteiger partial charge is 0.409 e. The van der Waals surface area contributed by atoms with Gasteiger partial charge in [-0.2, -0.15) is 0 Å². The number of carbonyl (C=O) groups is 1. The number of pyridine rings is 2. The van der Waals surface area contributed by atoms with Crippen LogP contribution in [-0.2, 0) is 28.4 Å². The maximum atomic E-state index is 11.2. The van der Waals surface area contributed by atoms with E-state index in [9.17, 15) is 4.79 Å². The molecule has 0 aromatic carbocycles. The van der Waals surface area contributed by atoms with Gasteiger partial charge in [0.25, 0.3) is 0 Å². The van der Waals surface area contributed by atoms with E-state index in [1.807, 2.05) is 30.5 Å². The second kappa shape index (κ2) is 12.8. The van der Waals surface area contributed by atoms with Gasteiger partial charge < -0.3 is 19.2 Å². The lowest BCUT2D eigenvalue weighted by atomic mass is 10.1. The number of cyclic esters (lactones) is 1. The molecule has 9 heteroatoms. The Kier molecular flexibility index (Phi) is 10.7. The van der Waals surface area contributed by atoms with Crippen LogP contribution in [0.3, 0.4) is 0 Å². The first-order valence-corrected chi connectivity index (χ1v) is 15.3. The van der Waals surface area contributed by atoms with Crippen molar-refractivity contribution in [3.05, 3.63) is 58.1 Å². The molecule has 0 saturated carbocycles. The molecule has 34 heavy (non-hydrogen) atoms. The molecule has 0 bridgehead atoms. The summed E-state index contributed by atoms with van der Waals surface area (Å²) >= 11 is 3.38. The molecule has 1 fully saturated rings. The first-order chi connectivity index (χ1) is 15.9. The van der Waals surface area contributed by atoms with Crippen LogP contribution in [0.25, 0.3) is 0 Å². The van der Waals surface area contributed by atoms with E-state index in [1.54, 1.807) is 18.1 Å². The third kappa shape index (κ3) is 9.09. The number of hydrogen-bond donors (Lipinski definition) is 1. The molecule has 0 unspecified atom stereocenters. The Labute approximate surface area is 213 Å². The number of halogens is 1. The minimum atomic E-state index is -1.61. The summed E-state index contributed by atoms with van der Waals surface area (Å²) in [6, 6.07) is 7.92. The van der Waals surface area contributed by atoms with Gasteiger partial charge in [0, 0.05) is 67.8 Å². The molecular formula is C25H38BrN3O4Si. The van der Waals surface area contributed by atoms with Gasteiger partial charge in [-0.3, -0.25) is 9.97 Å². The molecule has 1 amide bonds. The number of nitrogens with zero attached hydrogens (tertiary/aromatic N) is 3. The minimum absolute atomic E-state index is 0.0852. The number of aliphatic hydroxyl groups excluding tert-OH is 1. The number of rotatable bonds is 8. The van der Waals surface area contributed by atoms with Crippen LogP contribution in [0.2, 0.25) is 18.1 Å². The highest BCUT2D eigenvalue weighted by Gasteiger charge is 2.36. The van der Waals surface area contributed by atoms with Crippen LogP contribution in [-0.4, -0.2) is 67.3 Å². The molecule has 0 radical (unpaired) electrons. The monoisotopic (exact) mass is 551 g/mol. The van der Waals surface area contributed by atoms with Crippen molar-refractivity contribution in [2.45, 2.75) is 64.3 Å². The summed E-state index contributed by atoms with van der Waals surface area (Å²) in [5.74, 6) is 0. The van der Waals surface area contributed by atoms with Crippen LogP contribution in [0, 0.1) is 0 Å². The van der Waals surface area contributed by atoms with Gasteiger partial charge >= 0.3 is 6.09 Å². The number of likely N-dealkylation sites (N-methyl/N-ethyl adjacent to an activating group) is 1. The third-order valence-corrected chi connectivity index (χ3v) is 11.2. The van der Waals surface area contributed by atoms with Gasteiger partial charge in [-0.05, 0) is 57.8 Å². The molecule has 1 aliphatic heterocycles. The van der Waals surface area contributed by atoms with Crippen LogP contribution in [0.4, 0.5) is 4.79 Å². The third-order valence-electron chi connectivity index (χ3n) is 6.19. The molecule has 1 N–H and O–H groups in total. The minimum Gasteiger partial charge on any atom is -0.444 e. The molecule has 1 aliphatic rings. The zero-order valence-electron chi connectivity index (χ0n) is 21.2. The number of carbonyl (C=O) groups excluding carboxylic acids is 1. The van der Waals surface area contributed by atoms with Crippen molar-refractivity contribution in [3.8, 4) is 0 Å². The zero-order chi connectivity index (χ0) is 25.4. The summed E-state index contributed by atoms with van der Waals surface area (Å²) in [4.78, 5) is 21.3. The standard InChI is InChI=1S/C13H22BrNOSi.C12H16N2O3/c1-13(2,3)17(4,5)16-9-8-12-7-6-11(14)10-15-12;1-14-8-11(17-12(14)16)6-9-2-3-10(4-5-15)13-7-9/h6-7,10H,8-9H2,1-5H3;2-3,7,11,15H,4-6,8H2,1H3/t;11-/m.0/s1. The fourth-order valence-corrected chi connectivity index (χ4v) is 4.32. The molecular weight excluding hydrogens is 514 g/mol. The summed E-state index contributed by atoms with van der Waals surface area (Å²) < 4.78 is 12.3. The number of hydrogen-bond acceptors (Lipinski definition) is 6. The summed E-state index contributed by atoms with van der Waals surface area (Å²) in [7, 11) is 0.120. The van der Waals surface area contributed by atoms with Gasteiger partial charge in [0.1, 0.15) is 6.10 Å². The molecule has 1 atom stereocenters. The van der Waals surface area contributed by atoms with Gasteiger partial charge in [-0.15, -0.1) is 0 Å². The Morgan fingerprint density at radius 2 is 1.79 bits per heavy atom. The SMILES string of the molecule is CC(C)(C)[Si](C)(C)OCCc1ccc(Br)cn1.CN1C[C@H](Cc2ccc(CCO)nc2)OC1=O. The largest absolute Gasteiger partial charge is 0.444 e. The van der Waals surface area contributed by atoms with E-state index in [0.717, 1.165) is 34.5 Å². The van der Waals surface area contributed by atoms with Crippen LogP contribution >= 0.6 is 15.9 Å². The molecule has 0 aliphatic carbocycles. The van der Waals surface area contributed by atoms with Crippen molar-refractivity contribution in [1.82, 2.24) is 14.9 Å². The van der Waals surface area contributed by atoms with E-state index in [0.29, 0.717) is 19.4 Å². The van der Waals surface area contributed by atoms with Crippen molar-refractivity contribution in [2.24, 2.45) is 0 Å². The lowest BCUT2D eigenvalue weighted by Gasteiger charge is -2.36. The number of aromatic nitrogens is 2. The van der Waals surface area contributed by atoms with Gasteiger partial charge in [0.2, 0.25) is 0 Å². The van der Waals surface area contributed by atoms with Crippen LogP contribution in [0.15, 0.2) is 41.1 Å². The predicted octanol–water partition coefficient (Wildman–Crippen LogP) is 5.02. The number of amides is 1. The summed E-state index contributed by atoms with van der Waals surface area (Å²) in [5, 5.41) is 9.05. The Hall–Kier alpha value is -1.81. The van der Waals surface area contributed by atoms with Crippen molar-refractivity contribution in [3.63, 3.8) is 0 Å². The van der Waals surface area contributed by atoms with Crippen LogP contribution in [0.5, 0.6) is 0 Å². The molecule has 3 rings (SSSR count). The molecule has 188 valence electrons. The fraction of sp³-hybridized carbons (Fsp3) is 0.560. The maximum Gasteiger partial charge on any atom is 0.409 e. The molecule has 0 spiro atoms. The lowest BCUT2D eigenvalue weighted by Crippen LogP contribution is -2.41. The first kappa shape index (κ1) is 28.4. The molecule has 7 nitrogen and oxygen atoms in total. The highest BCUT2D eigenvalue weighted by molar-refractivity contribution is 9.10. The van der Waals surface area contributed by atoms with Crippen molar-refractivity contribution in [1.29, 1.82) is 0 Å². The van der Waals surface area contributed by atoms with E-state index >= 15 is 0 Å². The maximum absolute atomic E-state index is 11.2. The second-order valence-corrected chi connectivity index (χ2v) is 15.8. The highest BCUT2D eigenvalue weighted by atomic mass is 79.9. The topological polar surface area (TPSA) is 84.8 Å². The van der Waals surface area contributed by atoms with Gasteiger partial charge in [0.05, 0.1) is 6.54 Å². The zero-order valence-corrected chi connectivity index (χ0v) is 23.8. The molecule has 1 saturated heterocycles. The van der Waals surface area contributed by atoms with Crippen molar-refractivity contribution < 1.29 is 19.1 Å². The average Bonchev–Trinajstić information content (AvgIpc) is 3.07. The van der Waals surface area contributed by atoms with Crippen molar-refractivity contribution >= 4 is 30.3 Å². The summed E-state index contributed by atoms with van der Waals surface area (Å²) in [6.45, 7) is 12.8. The van der Waals surface area contributed by atoms with Gasteiger partial charge in [-0.25, -0.2) is 4.79 Å². The Morgan fingerprint density at radius 3 is 2.29 bits per heavy atom. The Morgan fingerprint density at radius 1 is 1.15 bits per heavy atom. The predicted molar refractivity (Wildman–Crippen MR) is 140 cm³/mol. The van der Waals surface area contributed by atoms with E-state index < -0.39 is 8.32 Å². The van der Waals surface area contributed by atoms with E-state index in [4.69, 9.17) is 14.3 Å². The first-order valence-electron chi connectivity index (χ1n) is 11.6. The normalized spacial score (nSPS) is 16.2. The quantitative estimate of drug-likeness (QED) is 0.463. The van der Waals surface area contributed by atoms with Crippen LogP contribution in [0.1, 0.15) is 37.7 Å². The fourth-order valence-electron chi connectivity index (χ4n) is 3.04. The average molecular weight is 553 g/mol. The lowest BCUT2D eigenvalue weighted by molar-refractivity contribution is 0.134. The number of ether oxygens (including phenoxy) is 1. The van der Waals surface area contributed by atoms with E-state index in [1.165, 1.54) is 0 Å². The van der Waals surface area contributed by atoms with Gasteiger partial charge in [-0.1, -0.05) is 26.8 Å². The van der Waals surface area contributed by atoms with Crippen LogP contribution < -0.4 is 0 Å². The van der Waals surface area contributed by atoms with E-state index in [-0.39, 0.29) is 23.8 Å². The Balaban J connectivity index is 0.000000240. The summed E-state index contributed by atoms with van der Waals surface area (Å²) in [6.07, 6.45) is 5.40. The summed E-state index contributed by atoms with van der Waals surface area (Å²) in [5.41, 5.74) is 3.00. The highest BCUT2D eigenvalue weighted by Crippen LogP contribution is 2.36. The van der Waals surface area contributed by atoms with Gasteiger partial charge in [0.15, 0.2) is 8.32 Å².